The number of aromatic nitrogens is 5. The van der Waals surface area contributed by atoms with E-state index in [9.17, 15) is 14.9 Å². The van der Waals surface area contributed by atoms with Crippen LogP contribution in [0.15, 0.2) is 58.4 Å². The lowest BCUT2D eigenvalue weighted by Crippen LogP contribution is -2.38. The van der Waals surface area contributed by atoms with Crippen LogP contribution in [0.1, 0.15) is 24.5 Å². The van der Waals surface area contributed by atoms with Crippen molar-refractivity contribution in [1.82, 2.24) is 23.9 Å². The van der Waals surface area contributed by atoms with Crippen molar-refractivity contribution in [2.45, 2.75) is 26.4 Å². The van der Waals surface area contributed by atoms with Gasteiger partial charge in [0.05, 0.1) is 23.9 Å². The second kappa shape index (κ2) is 7.79. The molecule has 0 aliphatic heterocycles. The standard InChI is InChI=1S/C22H20N6O2/c1-3-11-27-20-18(21(29)26(2)22(27)30)19(17-7-9-24-10-8-17)28(25-20)14-16-6-4-5-15(12-16)13-23/h4-10,12H,3,11,14H2,1-2H3. The maximum atomic E-state index is 13.1. The smallest absolute Gasteiger partial charge is 0.276 e. The number of nitrogens with zero attached hydrogens (tertiary/aromatic N) is 6. The maximum absolute atomic E-state index is 13.1. The third kappa shape index (κ3) is 3.20. The molecule has 1 aromatic carbocycles. The van der Waals surface area contributed by atoms with Crippen LogP contribution in [-0.2, 0) is 20.1 Å². The van der Waals surface area contributed by atoms with Gasteiger partial charge in [-0.2, -0.15) is 10.4 Å². The lowest BCUT2D eigenvalue weighted by molar-refractivity contribution is 0.602. The zero-order valence-electron chi connectivity index (χ0n) is 16.7. The molecular weight excluding hydrogens is 380 g/mol. The highest BCUT2D eigenvalue weighted by molar-refractivity contribution is 5.90. The number of pyridine rings is 1. The van der Waals surface area contributed by atoms with E-state index < -0.39 is 0 Å². The molecule has 4 rings (SSSR count). The minimum absolute atomic E-state index is 0.353. The molecule has 0 spiro atoms. The molecule has 0 N–H and O–H groups in total. The van der Waals surface area contributed by atoms with E-state index >= 15 is 0 Å². The van der Waals surface area contributed by atoms with E-state index in [1.165, 1.54) is 7.05 Å². The van der Waals surface area contributed by atoms with Crippen LogP contribution >= 0.6 is 0 Å². The number of rotatable bonds is 5. The lowest BCUT2D eigenvalue weighted by Gasteiger charge is -2.08. The van der Waals surface area contributed by atoms with E-state index in [0.717, 1.165) is 22.1 Å². The molecule has 0 bridgehead atoms. The van der Waals surface area contributed by atoms with E-state index in [0.29, 0.717) is 35.4 Å². The Balaban J connectivity index is 2.05. The van der Waals surface area contributed by atoms with Gasteiger partial charge < -0.3 is 0 Å². The predicted molar refractivity (Wildman–Crippen MR) is 113 cm³/mol. The van der Waals surface area contributed by atoms with Gasteiger partial charge in [0.1, 0.15) is 5.39 Å². The van der Waals surface area contributed by atoms with Gasteiger partial charge in [0.15, 0.2) is 5.65 Å². The van der Waals surface area contributed by atoms with E-state index in [1.54, 1.807) is 33.8 Å². The zero-order valence-corrected chi connectivity index (χ0v) is 16.7. The first-order chi connectivity index (χ1) is 14.5. The predicted octanol–water partition coefficient (Wildman–Crippen LogP) is 2.29. The fourth-order valence-electron chi connectivity index (χ4n) is 3.62. The van der Waals surface area contributed by atoms with Gasteiger partial charge in [0.25, 0.3) is 5.56 Å². The Morgan fingerprint density at radius 2 is 1.90 bits per heavy atom. The monoisotopic (exact) mass is 400 g/mol. The van der Waals surface area contributed by atoms with Crippen LogP contribution in [0.2, 0.25) is 0 Å². The van der Waals surface area contributed by atoms with Crippen LogP contribution in [-0.4, -0.2) is 23.9 Å². The van der Waals surface area contributed by atoms with Crippen molar-refractivity contribution in [2.24, 2.45) is 7.05 Å². The molecule has 0 aliphatic carbocycles. The van der Waals surface area contributed by atoms with Crippen LogP contribution in [0.25, 0.3) is 22.3 Å². The number of hydrogen-bond acceptors (Lipinski definition) is 5. The summed E-state index contributed by atoms with van der Waals surface area (Å²) < 4.78 is 4.40. The van der Waals surface area contributed by atoms with Gasteiger partial charge >= 0.3 is 5.69 Å². The topological polar surface area (TPSA) is 98.5 Å². The Bertz CT molecular complexity index is 1390. The highest BCUT2D eigenvalue weighted by atomic mass is 16.2. The summed E-state index contributed by atoms with van der Waals surface area (Å²) in [4.78, 5) is 29.9. The third-order valence-corrected chi connectivity index (χ3v) is 5.02. The molecule has 0 atom stereocenters. The molecule has 4 aromatic rings. The molecule has 3 heterocycles. The second-order valence-corrected chi connectivity index (χ2v) is 7.05. The Morgan fingerprint density at radius 1 is 1.13 bits per heavy atom. The zero-order chi connectivity index (χ0) is 21.3. The summed E-state index contributed by atoms with van der Waals surface area (Å²) in [6.45, 7) is 2.78. The van der Waals surface area contributed by atoms with Crippen LogP contribution < -0.4 is 11.2 Å². The van der Waals surface area contributed by atoms with Crippen molar-refractivity contribution in [3.8, 4) is 17.3 Å². The molecule has 8 heteroatoms. The van der Waals surface area contributed by atoms with Crippen molar-refractivity contribution >= 4 is 11.0 Å². The number of hydrogen-bond donors (Lipinski definition) is 0. The molecule has 0 unspecified atom stereocenters. The number of nitriles is 1. The largest absolute Gasteiger partial charge is 0.332 e. The van der Waals surface area contributed by atoms with Gasteiger partial charge in [-0.25, -0.2) is 4.79 Å². The number of fused-ring (bicyclic) bond motifs is 1. The molecule has 150 valence electrons. The first-order valence-corrected chi connectivity index (χ1v) is 9.65. The van der Waals surface area contributed by atoms with Crippen LogP contribution in [0.4, 0.5) is 0 Å². The quantitative estimate of drug-likeness (QED) is 0.512. The van der Waals surface area contributed by atoms with Gasteiger partial charge in [-0.05, 0) is 36.2 Å². The molecule has 0 radical (unpaired) electrons. The summed E-state index contributed by atoms with van der Waals surface area (Å²) in [7, 11) is 1.49. The van der Waals surface area contributed by atoms with E-state index in [1.807, 2.05) is 31.2 Å². The van der Waals surface area contributed by atoms with Gasteiger partial charge in [0.2, 0.25) is 0 Å². The summed E-state index contributed by atoms with van der Waals surface area (Å²) in [5.74, 6) is 0. The molecule has 0 aliphatic rings. The van der Waals surface area contributed by atoms with E-state index in [-0.39, 0.29) is 11.2 Å². The second-order valence-electron chi connectivity index (χ2n) is 7.05. The third-order valence-electron chi connectivity index (χ3n) is 5.02. The number of aryl methyl sites for hydroxylation is 1. The van der Waals surface area contributed by atoms with Gasteiger partial charge in [-0.3, -0.25) is 23.6 Å². The molecule has 30 heavy (non-hydrogen) atoms. The molecule has 0 saturated carbocycles. The summed E-state index contributed by atoms with van der Waals surface area (Å²) in [5, 5.41) is 14.3. The first-order valence-electron chi connectivity index (χ1n) is 9.65. The molecular formula is C22H20N6O2. The Hall–Kier alpha value is -3.99. The molecule has 8 nitrogen and oxygen atoms in total. The minimum atomic E-state index is -0.383. The normalized spacial score (nSPS) is 11.0. The van der Waals surface area contributed by atoms with Gasteiger partial charge in [-0.1, -0.05) is 19.1 Å². The fraction of sp³-hybridized carbons (Fsp3) is 0.227. The fourth-order valence-corrected chi connectivity index (χ4v) is 3.62. The van der Waals surface area contributed by atoms with Gasteiger partial charge in [-0.15, -0.1) is 0 Å². The van der Waals surface area contributed by atoms with Crippen molar-refractivity contribution in [1.29, 1.82) is 5.26 Å². The lowest BCUT2D eigenvalue weighted by atomic mass is 10.1. The van der Waals surface area contributed by atoms with Crippen LogP contribution in [0.3, 0.4) is 0 Å². The van der Waals surface area contributed by atoms with Crippen molar-refractivity contribution in [3.63, 3.8) is 0 Å². The maximum Gasteiger partial charge on any atom is 0.332 e. The highest BCUT2D eigenvalue weighted by Crippen LogP contribution is 2.26. The Kier molecular flexibility index (Phi) is 5.02. The van der Waals surface area contributed by atoms with Gasteiger partial charge in [0, 0.05) is 31.5 Å². The average Bonchev–Trinajstić information content (AvgIpc) is 3.14. The van der Waals surface area contributed by atoms with Crippen molar-refractivity contribution in [2.75, 3.05) is 0 Å². The minimum Gasteiger partial charge on any atom is -0.276 e. The summed E-state index contributed by atoms with van der Waals surface area (Å²) in [5.41, 5.74) is 2.43. The summed E-state index contributed by atoms with van der Waals surface area (Å²) in [6.07, 6.45) is 4.04. The molecule has 0 saturated heterocycles. The molecule has 3 aromatic heterocycles. The molecule has 0 amide bonds. The van der Waals surface area contributed by atoms with E-state index in [2.05, 4.69) is 16.2 Å². The summed E-state index contributed by atoms with van der Waals surface area (Å²) in [6, 6.07) is 13.0. The Labute approximate surface area is 172 Å². The Morgan fingerprint density at radius 3 is 2.60 bits per heavy atom. The van der Waals surface area contributed by atoms with Crippen molar-refractivity contribution in [3.05, 3.63) is 80.8 Å². The average molecular weight is 400 g/mol. The number of benzene rings is 1. The molecule has 0 fully saturated rings. The summed E-state index contributed by atoms with van der Waals surface area (Å²) >= 11 is 0. The highest BCUT2D eigenvalue weighted by Gasteiger charge is 2.22. The van der Waals surface area contributed by atoms with E-state index in [4.69, 9.17) is 0 Å². The SMILES string of the molecule is CCCn1c(=O)n(C)c(=O)c2c(-c3ccncc3)n(Cc3cccc(C#N)c3)nc21. The van der Waals surface area contributed by atoms with Crippen LogP contribution in [0.5, 0.6) is 0 Å². The van der Waals surface area contributed by atoms with Crippen LogP contribution in [0, 0.1) is 11.3 Å². The van der Waals surface area contributed by atoms with Crippen molar-refractivity contribution < 1.29 is 0 Å². The first kappa shape index (κ1) is 19.3.